The van der Waals surface area contributed by atoms with E-state index in [9.17, 15) is 24.0 Å². The van der Waals surface area contributed by atoms with E-state index in [-0.39, 0.29) is 55.0 Å². The van der Waals surface area contributed by atoms with Gasteiger partial charge in [-0.15, -0.1) is 0 Å². The Labute approximate surface area is 161 Å². The van der Waals surface area contributed by atoms with Gasteiger partial charge >= 0.3 is 5.97 Å². The molecule has 148 valence electrons. The van der Waals surface area contributed by atoms with Crippen molar-refractivity contribution in [1.82, 2.24) is 14.7 Å². The van der Waals surface area contributed by atoms with Gasteiger partial charge in [0.2, 0.25) is 23.6 Å². The molecule has 2 heterocycles. The molecule has 0 spiro atoms. The molecule has 2 saturated heterocycles. The average molecular weight is 387 g/mol. The van der Waals surface area contributed by atoms with Crippen molar-refractivity contribution in [3.8, 4) is 0 Å². The Hall–Kier alpha value is -3.23. The molecular weight excluding hydrogens is 366 g/mol. The van der Waals surface area contributed by atoms with E-state index in [1.54, 1.807) is 21.9 Å². The number of carboxylic acid groups (broad SMARTS) is 1. The Morgan fingerprint density at radius 3 is 2.04 bits per heavy atom. The molecule has 1 aromatic rings. The van der Waals surface area contributed by atoms with Crippen LogP contribution in [0.1, 0.15) is 28.8 Å². The largest absolute Gasteiger partial charge is 0.478 e. The number of carbonyl (C=O) groups excluding carboxylic acids is 4. The van der Waals surface area contributed by atoms with E-state index in [4.69, 9.17) is 5.11 Å². The molecule has 0 saturated carbocycles. The van der Waals surface area contributed by atoms with E-state index >= 15 is 0 Å². The van der Waals surface area contributed by atoms with E-state index in [2.05, 4.69) is 0 Å². The van der Waals surface area contributed by atoms with Gasteiger partial charge in [-0.05, 0) is 17.7 Å². The maximum atomic E-state index is 12.5. The number of rotatable bonds is 5. The lowest BCUT2D eigenvalue weighted by molar-refractivity contribution is -0.147. The highest BCUT2D eigenvalue weighted by molar-refractivity contribution is 6.04. The molecule has 0 aliphatic carbocycles. The molecule has 2 fully saturated rings. The summed E-state index contributed by atoms with van der Waals surface area (Å²) in [7, 11) is 0. The fourth-order valence-corrected chi connectivity index (χ4v) is 3.34. The molecule has 1 N–H and O–H groups in total. The van der Waals surface area contributed by atoms with Crippen molar-refractivity contribution >= 4 is 29.6 Å². The van der Waals surface area contributed by atoms with Crippen LogP contribution in [0.4, 0.5) is 0 Å². The highest BCUT2D eigenvalue weighted by atomic mass is 16.4. The summed E-state index contributed by atoms with van der Waals surface area (Å²) < 4.78 is 0. The molecular formula is C19H21N3O6. The van der Waals surface area contributed by atoms with Crippen LogP contribution in [0, 0.1) is 0 Å². The normalized spacial score (nSPS) is 17.2. The number of benzene rings is 1. The first-order valence-electron chi connectivity index (χ1n) is 9.06. The summed E-state index contributed by atoms with van der Waals surface area (Å²) in [5.41, 5.74) is 0.751. The van der Waals surface area contributed by atoms with Crippen molar-refractivity contribution in [2.75, 3.05) is 32.7 Å². The first-order chi connectivity index (χ1) is 13.3. The minimum atomic E-state index is -1.05. The molecule has 0 bridgehead atoms. The molecule has 0 unspecified atom stereocenters. The highest BCUT2D eigenvalue weighted by Crippen LogP contribution is 2.13. The zero-order valence-corrected chi connectivity index (χ0v) is 15.3. The number of hydrogen-bond acceptors (Lipinski definition) is 5. The number of piperazine rings is 1. The molecule has 1 aromatic carbocycles. The maximum Gasteiger partial charge on any atom is 0.335 e. The van der Waals surface area contributed by atoms with Gasteiger partial charge in [0, 0.05) is 39.0 Å². The van der Waals surface area contributed by atoms with Gasteiger partial charge in [0.25, 0.3) is 0 Å². The van der Waals surface area contributed by atoms with Gasteiger partial charge in [-0.1, -0.05) is 12.1 Å². The fourth-order valence-electron chi connectivity index (χ4n) is 3.34. The van der Waals surface area contributed by atoms with Crippen LogP contribution in [0.5, 0.6) is 0 Å². The second kappa shape index (κ2) is 8.20. The van der Waals surface area contributed by atoms with Crippen molar-refractivity contribution in [2.24, 2.45) is 0 Å². The molecule has 0 radical (unpaired) electrons. The summed E-state index contributed by atoms with van der Waals surface area (Å²) in [5, 5.41) is 9.03. The summed E-state index contributed by atoms with van der Waals surface area (Å²) in [6.45, 7) is 1.12. The number of aromatic carboxylic acids is 1. The van der Waals surface area contributed by atoms with Crippen LogP contribution < -0.4 is 0 Å². The van der Waals surface area contributed by atoms with E-state index < -0.39 is 5.97 Å². The third-order valence-corrected chi connectivity index (χ3v) is 4.96. The van der Waals surface area contributed by atoms with Crippen LogP contribution >= 0.6 is 0 Å². The summed E-state index contributed by atoms with van der Waals surface area (Å²) in [4.78, 5) is 63.3. The number of nitrogens with zero attached hydrogens (tertiary/aromatic N) is 3. The second-order valence-corrected chi connectivity index (χ2v) is 6.82. The van der Waals surface area contributed by atoms with Gasteiger partial charge in [-0.25, -0.2) is 4.79 Å². The zero-order valence-electron chi connectivity index (χ0n) is 15.3. The van der Waals surface area contributed by atoms with Crippen LogP contribution in [0.3, 0.4) is 0 Å². The topological polar surface area (TPSA) is 115 Å². The molecule has 9 heteroatoms. The lowest BCUT2D eigenvalue weighted by Crippen LogP contribution is -2.53. The number of hydrogen-bond donors (Lipinski definition) is 1. The van der Waals surface area contributed by atoms with Crippen LogP contribution in [0.25, 0.3) is 0 Å². The quantitative estimate of drug-likeness (QED) is 0.697. The average Bonchev–Trinajstić information content (AvgIpc) is 3.00. The lowest BCUT2D eigenvalue weighted by atomic mass is 10.1. The van der Waals surface area contributed by atoms with Crippen molar-refractivity contribution in [3.63, 3.8) is 0 Å². The van der Waals surface area contributed by atoms with Gasteiger partial charge in [0.05, 0.1) is 12.0 Å². The molecule has 0 atom stereocenters. The minimum Gasteiger partial charge on any atom is -0.478 e. The van der Waals surface area contributed by atoms with Crippen LogP contribution in [-0.2, 0) is 25.6 Å². The first-order valence-corrected chi connectivity index (χ1v) is 9.06. The van der Waals surface area contributed by atoms with Gasteiger partial charge in [0.15, 0.2) is 0 Å². The molecule has 4 amide bonds. The summed E-state index contributed by atoms with van der Waals surface area (Å²) >= 11 is 0. The number of likely N-dealkylation sites (tertiary alicyclic amines) is 1. The number of carboxylic acids is 1. The molecule has 28 heavy (non-hydrogen) atoms. The Balaban J connectivity index is 1.50. The van der Waals surface area contributed by atoms with Gasteiger partial charge in [-0.3, -0.25) is 24.1 Å². The Kier molecular flexibility index (Phi) is 5.72. The van der Waals surface area contributed by atoms with Crippen molar-refractivity contribution in [2.45, 2.75) is 19.3 Å². The summed E-state index contributed by atoms with van der Waals surface area (Å²) in [6, 6.07) is 6.25. The van der Waals surface area contributed by atoms with Crippen molar-refractivity contribution in [3.05, 3.63) is 35.4 Å². The van der Waals surface area contributed by atoms with Crippen LogP contribution in [0.2, 0.25) is 0 Å². The molecule has 3 rings (SSSR count). The Bertz CT molecular complexity index is 813. The smallest absolute Gasteiger partial charge is 0.335 e. The van der Waals surface area contributed by atoms with Crippen molar-refractivity contribution < 1.29 is 29.1 Å². The van der Waals surface area contributed by atoms with Gasteiger partial charge in [0.1, 0.15) is 6.54 Å². The summed E-state index contributed by atoms with van der Waals surface area (Å²) in [6.07, 6.45) is 0.390. The standard InChI is InChI=1S/C19H21N3O6/c23-15-4-5-16(24)22(15)12-18(26)21-8-6-20(7-9-21)17(25)11-13-2-1-3-14(10-13)19(27)28/h1-3,10H,4-9,11-12H2,(H,27,28). The van der Waals surface area contributed by atoms with E-state index in [1.807, 2.05) is 0 Å². The second-order valence-electron chi connectivity index (χ2n) is 6.82. The third kappa shape index (κ3) is 4.36. The number of carbonyl (C=O) groups is 5. The van der Waals surface area contributed by atoms with Gasteiger partial charge < -0.3 is 14.9 Å². The number of amides is 4. The third-order valence-electron chi connectivity index (χ3n) is 4.96. The highest BCUT2D eigenvalue weighted by Gasteiger charge is 2.33. The zero-order chi connectivity index (χ0) is 20.3. The first kappa shape index (κ1) is 19.5. The Morgan fingerprint density at radius 1 is 0.893 bits per heavy atom. The molecule has 0 aromatic heterocycles. The molecule has 9 nitrogen and oxygen atoms in total. The maximum absolute atomic E-state index is 12.5. The lowest BCUT2D eigenvalue weighted by Gasteiger charge is -2.35. The van der Waals surface area contributed by atoms with E-state index in [0.29, 0.717) is 31.7 Å². The summed E-state index contributed by atoms with van der Waals surface area (Å²) in [5.74, 6) is -2.13. The number of imide groups is 1. The monoisotopic (exact) mass is 387 g/mol. The van der Waals surface area contributed by atoms with Crippen LogP contribution in [-0.4, -0.2) is 82.1 Å². The predicted octanol–water partition coefficient (Wildman–Crippen LogP) is -0.253. The minimum absolute atomic E-state index is 0.0891. The van der Waals surface area contributed by atoms with Crippen LogP contribution in [0.15, 0.2) is 24.3 Å². The Morgan fingerprint density at radius 2 is 1.46 bits per heavy atom. The molecule has 2 aliphatic heterocycles. The predicted molar refractivity (Wildman–Crippen MR) is 96.2 cm³/mol. The fraction of sp³-hybridized carbons (Fsp3) is 0.421. The van der Waals surface area contributed by atoms with Gasteiger partial charge in [-0.2, -0.15) is 0 Å². The van der Waals surface area contributed by atoms with E-state index in [0.717, 1.165) is 4.90 Å². The van der Waals surface area contributed by atoms with E-state index in [1.165, 1.54) is 12.1 Å². The molecule has 2 aliphatic rings. The van der Waals surface area contributed by atoms with Crippen molar-refractivity contribution in [1.29, 1.82) is 0 Å². The SMILES string of the molecule is O=C(O)c1cccc(CC(=O)N2CCN(C(=O)CN3C(=O)CCC3=O)CC2)c1.